The topological polar surface area (TPSA) is 33.7 Å². The molecule has 0 spiro atoms. The van der Waals surface area contributed by atoms with Crippen LogP contribution in [0.5, 0.6) is 11.5 Å². The number of halogens is 1. The van der Waals surface area contributed by atoms with Gasteiger partial charge in [0.05, 0.1) is 14.2 Å². The highest BCUT2D eigenvalue weighted by Crippen LogP contribution is 2.31. The first kappa shape index (κ1) is 17.5. The molecule has 3 rings (SSSR count). The number of methoxy groups -OCH3 is 2. The molecule has 1 aliphatic heterocycles. The van der Waals surface area contributed by atoms with Gasteiger partial charge < -0.3 is 19.7 Å². The number of anilines is 1. The largest absolute Gasteiger partial charge is 0.493 e. The summed E-state index contributed by atoms with van der Waals surface area (Å²) in [7, 11) is 3.25. The van der Waals surface area contributed by atoms with Crippen molar-refractivity contribution in [2.24, 2.45) is 0 Å². The van der Waals surface area contributed by atoms with Gasteiger partial charge in [0, 0.05) is 43.0 Å². The van der Waals surface area contributed by atoms with Crippen molar-refractivity contribution in [3.63, 3.8) is 0 Å². The molecule has 0 saturated carbocycles. The first-order valence-corrected chi connectivity index (χ1v) is 8.67. The summed E-state index contributed by atoms with van der Waals surface area (Å²) in [5.41, 5.74) is 2.72. The average Bonchev–Trinajstić information content (AvgIpc) is 3.17. The summed E-state index contributed by atoms with van der Waals surface area (Å²) < 4.78 is 25.2. The first-order chi connectivity index (χ1) is 12.2. The monoisotopic (exact) mass is 344 g/mol. The molecular weight excluding hydrogens is 319 g/mol. The van der Waals surface area contributed by atoms with Gasteiger partial charge in [0.15, 0.2) is 11.5 Å². The van der Waals surface area contributed by atoms with E-state index < -0.39 is 0 Å². The van der Waals surface area contributed by atoms with Crippen molar-refractivity contribution in [2.45, 2.75) is 25.9 Å². The van der Waals surface area contributed by atoms with E-state index in [2.05, 4.69) is 10.2 Å². The molecule has 1 saturated heterocycles. The van der Waals surface area contributed by atoms with Crippen molar-refractivity contribution in [2.75, 3.05) is 32.2 Å². The molecule has 0 bridgehead atoms. The predicted octanol–water partition coefficient (Wildman–Crippen LogP) is 3.73. The van der Waals surface area contributed by atoms with Crippen LogP contribution in [0.1, 0.15) is 24.0 Å². The summed E-state index contributed by atoms with van der Waals surface area (Å²) in [4.78, 5) is 2.27. The zero-order chi connectivity index (χ0) is 17.6. The van der Waals surface area contributed by atoms with Crippen LogP contribution in [0.4, 0.5) is 10.1 Å². The van der Waals surface area contributed by atoms with Crippen molar-refractivity contribution in [1.82, 2.24) is 5.32 Å². The Balaban J connectivity index is 1.73. The van der Waals surface area contributed by atoms with E-state index in [4.69, 9.17) is 9.47 Å². The van der Waals surface area contributed by atoms with Gasteiger partial charge in [-0.25, -0.2) is 4.39 Å². The molecule has 1 fully saturated rings. The minimum Gasteiger partial charge on any atom is -0.493 e. The Kier molecular flexibility index (Phi) is 5.76. The zero-order valence-electron chi connectivity index (χ0n) is 14.8. The number of para-hydroxylation sites is 1. The third-order valence-electron chi connectivity index (χ3n) is 4.64. The van der Waals surface area contributed by atoms with Crippen LogP contribution in [-0.2, 0) is 13.1 Å². The summed E-state index contributed by atoms with van der Waals surface area (Å²) in [5.74, 6) is 1.26. The van der Waals surface area contributed by atoms with Crippen molar-refractivity contribution >= 4 is 5.69 Å². The van der Waals surface area contributed by atoms with Crippen LogP contribution < -0.4 is 19.7 Å². The maximum atomic E-state index is 14.4. The molecule has 0 aliphatic carbocycles. The molecule has 134 valence electrons. The summed E-state index contributed by atoms with van der Waals surface area (Å²) in [6.07, 6.45) is 2.34. The van der Waals surface area contributed by atoms with Crippen molar-refractivity contribution in [3.8, 4) is 11.5 Å². The molecule has 2 aromatic rings. The Morgan fingerprint density at radius 3 is 2.48 bits per heavy atom. The highest BCUT2D eigenvalue weighted by Gasteiger charge is 2.18. The van der Waals surface area contributed by atoms with Gasteiger partial charge in [-0.3, -0.25) is 0 Å². The third-order valence-corrected chi connectivity index (χ3v) is 4.64. The number of ether oxygens (including phenoxy) is 2. The van der Waals surface area contributed by atoms with Crippen molar-refractivity contribution < 1.29 is 13.9 Å². The molecule has 0 aromatic heterocycles. The lowest BCUT2D eigenvalue weighted by Crippen LogP contribution is -2.22. The van der Waals surface area contributed by atoms with Gasteiger partial charge >= 0.3 is 0 Å². The quantitative estimate of drug-likeness (QED) is 0.830. The van der Waals surface area contributed by atoms with E-state index >= 15 is 0 Å². The normalized spacial score (nSPS) is 14.0. The number of rotatable bonds is 7. The van der Waals surface area contributed by atoms with E-state index in [1.54, 1.807) is 20.3 Å². The lowest BCUT2D eigenvalue weighted by molar-refractivity contribution is 0.350. The van der Waals surface area contributed by atoms with Crippen LogP contribution in [0, 0.1) is 5.82 Å². The smallest absolute Gasteiger partial charge is 0.165 e. The summed E-state index contributed by atoms with van der Waals surface area (Å²) >= 11 is 0. The predicted molar refractivity (Wildman–Crippen MR) is 97.9 cm³/mol. The molecule has 25 heavy (non-hydrogen) atoms. The average molecular weight is 344 g/mol. The van der Waals surface area contributed by atoms with Gasteiger partial charge in [-0.1, -0.05) is 18.2 Å². The van der Waals surface area contributed by atoms with Crippen LogP contribution in [0.2, 0.25) is 0 Å². The third kappa shape index (κ3) is 3.87. The summed E-state index contributed by atoms with van der Waals surface area (Å²) in [5, 5.41) is 3.35. The second kappa shape index (κ2) is 8.21. The number of hydrogen-bond acceptors (Lipinski definition) is 4. The number of nitrogens with one attached hydrogen (secondary N) is 1. The highest BCUT2D eigenvalue weighted by molar-refractivity contribution is 5.55. The fraction of sp³-hybridized carbons (Fsp3) is 0.400. The second-order valence-electron chi connectivity index (χ2n) is 6.19. The Bertz CT molecular complexity index is 715. The molecule has 1 heterocycles. The van der Waals surface area contributed by atoms with E-state index in [1.807, 2.05) is 24.3 Å². The zero-order valence-corrected chi connectivity index (χ0v) is 14.8. The van der Waals surface area contributed by atoms with Crippen molar-refractivity contribution in [1.29, 1.82) is 0 Å². The SMILES string of the molecule is COc1cccc(CNCc2c(F)cccc2N2CCCC2)c1OC. The van der Waals surface area contributed by atoms with Gasteiger partial charge in [-0.2, -0.15) is 0 Å². The van der Waals surface area contributed by atoms with Crippen LogP contribution in [0.15, 0.2) is 36.4 Å². The molecule has 0 radical (unpaired) electrons. The Labute approximate surface area is 148 Å². The van der Waals surface area contributed by atoms with Gasteiger partial charge in [0.25, 0.3) is 0 Å². The lowest BCUT2D eigenvalue weighted by Gasteiger charge is -2.22. The standard InChI is InChI=1S/C20H25FN2O2/c1-24-19-10-5-7-15(20(19)25-2)13-22-14-16-17(21)8-6-9-18(16)23-11-3-4-12-23/h5-10,22H,3-4,11-14H2,1-2H3. The van der Waals surface area contributed by atoms with Gasteiger partial charge in [0.2, 0.25) is 0 Å². The van der Waals surface area contributed by atoms with Crippen molar-refractivity contribution in [3.05, 3.63) is 53.3 Å². The minimum atomic E-state index is -0.158. The molecule has 2 aromatic carbocycles. The Morgan fingerprint density at radius 1 is 1.00 bits per heavy atom. The Morgan fingerprint density at radius 2 is 1.76 bits per heavy atom. The lowest BCUT2D eigenvalue weighted by atomic mass is 10.1. The van der Waals surface area contributed by atoms with E-state index in [0.29, 0.717) is 24.6 Å². The molecule has 0 atom stereocenters. The number of hydrogen-bond donors (Lipinski definition) is 1. The highest BCUT2D eigenvalue weighted by atomic mass is 19.1. The minimum absolute atomic E-state index is 0.158. The summed E-state index contributed by atoms with van der Waals surface area (Å²) in [6.45, 7) is 3.05. The number of benzene rings is 2. The molecule has 4 nitrogen and oxygen atoms in total. The van der Waals surface area contributed by atoms with Crippen LogP contribution in [-0.4, -0.2) is 27.3 Å². The summed E-state index contributed by atoms with van der Waals surface area (Å²) in [6, 6.07) is 11.1. The van der Waals surface area contributed by atoms with Gasteiger partial charge in [-0.05, 0) is 31.0 Å². The van der Waals surface area contributed by atoms with E-state index in [1.165, 1.54) is 18.9 Å². The van der Waals surface area contributed by atoms with E-state index in [-0.39, 0.29) is 5.82 Å². The fourth-order valence-corrected chi connectivity index (χ4v) is 3.39. The van der Waals surface area contributed by atoms with Gasteiger partial charge in [-0.15, -0.1) is 0 Å². The van der Waals surface area contributed by atoms with Crippen LogP contribution in [0.25, 0.3) is 0 Å². The molecule has 1 N–H and O–H groups in total. The molecular formula is C20H25FN2O2. The van der Waals surface area contributed by atoms with Crippen LogP contribution >= 0.6 is 0 Å². The van der Waals surface area contributed by atoms with Crippen LogP contribution in [0.3, 0.4) is 0 Å². The molecule has 5 heteroatoms. The number of nitrogens with zero attached hydrogens (tertiary/aromatic N) is 1. The maximum Gasteiger partial charge on any atom is 0.165 e. The fourth-order valence-electron chi connectivity index (χ4n) is 3.39. The Hall–Kier alpha value is -2.27. The molecule has 1 aliphatic rings. The van der Waals surface area contributed by atoms with E-state index in [9.17, 15) is 4.39 Å². The van der Waals surface area contributed by atoms with Gasteiger partial charge in [0.1, 0.15) is 5.82 Å². The second-order valence-corrected chi connectivity index (χ2v) is 6.19. The molecule has 0 amide bonds. The first-order valence-electron chi connectivity index (χ1n) is 8.67. The van der Waals surface area contributed by atoms with E-state index in [0.717, 1.165) is 29.9 Å². The molecule has 0 unspecified atom stereocenters. The maximum absolute atomic E-state index is 14.4.